The summed E-state index contributed by atoms with van der Waals surface area (Å²) >= 11 is 0. The zero-order valence-corrected chi connectivity index (χ0v) is 17.6. The molecule has 2 aromatic carbocycles. The second-order valence-electron chi connectivity index (χ2n) is 8.35. The number of hydrogen-bond donors (Lipinski definition) is 1. The molecule has 30 heavy (non-hydrogen) atoms. The highest BCUT2D eigenvalue weighted by Gasteiger charge is 2.22. The summed E-state index contributed by atoms with van der Waals surface area (Å²) in [6.07, 6.45) is 2.54. The number of carbonyl (C=O) groups is 1. The third kappa shape index (κ3) is 4.33. The molecule has 2 atom stereocenters. The number of para-hydroxylation sites is 2. The molecule has 4 rings (SSSR count). The van der Waals surface area contributed by atoms with Crippen LogP contribution in [-0.4, -0.2) is 28.5 Å². The number of rotatable bonds is 6. The standard InChI is InChI=1S/C24H29N3O3/c1-17-8-7-13-26(15-17)16-20-10-4-3-9-19(20)14-25-23(28)18(2)27-21-11-5-6-12-22(21)30-24(27)29/h3-6,9-12,17-18H,7-8,13-16H2,1-2H3,(H,25,28). The van der Waals surface area contributed by atoms with E-state index in [2.05, 4.69) is 29.3 Å². The molecule has 0 radical (unpaired) electrons. The van der Waals surface area contributed by atoms with Gasteiger partial charge in [0.2, 0.25) is 5.91 Å². The van der Waals surface area contributed by atoms with Crippen molar-refractivity contribution in [2.45, 2.75) is 45.8 Å². The maximum atomic E-state index is 12.8. The van der Waals surface area contributed by atoms with E-state index in [0.29, 0.717) is 17.6 Å². The van der Waals surface area contributed by atoms with E-state index in [-0.39, 0.29) is 5.91 Å². The molecule has 6 heteroatoms. The first-order valence-electron chi connectivity index (χ1n) is 10.7. The van der Waals surface area contributed by atoms with Gasteiger partial charge in [-0.15, -0.1) is 0 Å². The third-order valence-corrected chi connectivity index (χ3v) is 5.99. The van der Waals surface area contributed by atoms with Gasteiger partial charge in [-0.25, -0.2) is 4.79 Å². The predicted octanol–water partition coefficient (Wildman–Crippen LogP) is 3.70. The highest BCUT2D eigenvalue weighted by molar-refractivity contribution is 5.82. The van der Waals surface area contributed by atoms with Crippen molar-refractivity contribution in [2.75, 3.05) is 13.1 Å². The van der Waals surface area contributed by atoms with Crippen LogP contribution in [0.2, 0.25) is 0 Å². The lowest BCUT2D eigenvalue weighted by Gasteiger charge is -2.31. The van der Waals surface area contributed by atoms with Gasteiger partial charge in [0, 0.05) is 19.6 Å². The first-order chi connectivity index (χ1) is 14.5. The van der Waals surface area contributed by atoms with Crippen LogP contribution >= 0.6 is 0 Å². The first kappa shape index (κ1) is 20.4. The lowest BCUT2D eigenvalue weighted by atomic mass is 9.99. The van der Waals surface area contributed by atoms with Crippen molar-refractivity contribution in [3.63, 3.8) is 0 Å². The number of amides is 1. The number of likely N-dealkylation sites (tertiary alicyclic amines) is 1. The Hall–Kier alpha value is -2.86. The number of carbonyl (C=O) groups excluding carboxylic acids is 1. The van der Waals surface area contributed by atoms with Crippen LogP contribution in [-0.2, 0) is 17.9 Å². The van der Waals surface area contributed by atoms with Crippen molar-refractivity contribution in [1.29, 1.82) is 0 Å². The number of benzene rings is 2. The summed E-state index contributed by atoms with van der Waals surface area (Å²) in [7, 11) is 0. The number of hydrogen-bond acceptors (Lipinski definition) is 4. The van der Waals surface area contributed by atoms with Gasteiger partial charge < -0.3 is 9.73 Å². The van der Waals surface area contributed by atoms with E-state index in [1.807, 2.05) is 18.2 Å². The Morgan fingerprint density at radius 1 is 1.17 bits per heavy atom. The molecule has 1 aromatic heterocycles. The first-order valence-corrected chi connectivity index (χ1v) is 10.7. The molecule has 1 fully saturated rings. The summed E-state index contributed by atoms with van der Waals surface area (Å²) in [5.74, 6) is 0.0121. The second kappa shape index (κ2) is 8.88. The Bertz CT molecular complexity index is 1080. The molecule has 2 heterocycles. The molecule has 1 aliphatic heterocycles. The van der Waals surface area contributed by atoms with Crippen LogP contribution in [0.25, 0.3) is 11.1 Å². The Morgan fingerprint density at radius 3 is 2.70 bits per heavy atom. The van der Waals surface area contributed by atoms with Crippen LogP contribution in [0.15, 0.2) is 57.7 Å². The topological polar surface area (TPSA) is 67.5 Å². The van der Waals surface area contributed by atoms with Gasteiger partial charge in [-0.05, 0) is 55.5 Å². The van der Waals surface area contributed by atoms with Crippen molar-refractivity contribution in [1.82, 2.24) is 14.8 Å². The average Bonchev–Trinajstić information content (AvgIpc) is 3.08. The molecule has 0 spiro atoms. The van der Waals surface area contributed by atoms with E-state index in [4.69, 9.17) is 4.42 Å². The van der Waals surface area contributed by atoms with Gasteiger partial charge in [-0.3, -0.25) is 14.3 Å². The van der Waals surface area contributed by atoms with Crippen molar-refractivity contribution in [2.24, 2.45) is 5.92 Å². The van der Waals surface area contributed by atoms with E-state index in [1.165, 1.54) is 23.0 Å². The van der Waals surface area contributed by atoms with Crippen molar-refractivity contribution >= 4 is 17.0 Å². The zero-order chi connectivity index (χ0) is 21.1. The monoisotopic (exact) mass is 407 g/mol. The largest absolute Gasteiger partial charge is 0.420 e. The number of oxazole rings is 1. The lowest BCUT2D eigenvalue weighted by molar-refractivity contribution is -0.124. The Labute approximate surface area is 176 Å². The molecule has 0 saturated carbocycles. The smallest absolute Gasteiger partial charge is 0.408 e. The van der Waals surface area contributed by atoms with Crippen LogP contribution in [0.3, 0.4) is 0 Å². The molecule has 6 nitrogen and oxygen atoms in total. The number of nitrogens with zero attached hydrogens (tertiary/aromatic N) is 2. The van der Waals surface area contributed by atoms with E-state index >= 15 is 0 Å². The maximum absolute atomic E-state index is 12.8. The molecule has 158 valence electrons. The molecular weight excluding hydrogens is 378 g/mol. The number of aromatic nitrogens is 1. The number of piperidine rings is 1. The quantitative estimate of drug-likeness (QED) is 0.677. The van der Waals surface area contributed by atoms with Gasteiger partial charge in [0.25, 0.3) is 0 Å². The van der Waals surface area contributed by atoms with Crippen LogP contribution in [0.1, 0.15) is 43.9 Å². The second-order valence-corrected chi connectivity index (χ2v) is 8.35. The fourth-order valence-corrected chi connectivity index (χ4v) is 4.35. The molecule has 0 aliphatic carbocycles. The number of fused-ring (bicyclic) bond motifs is 1. The highest BCUT2D eigenvalue weighted by Crippen LogP contribution is 2.20. The molecule has 1 saturated heterocycles. The Morgan fingerprint density at radius 2 is 1.90 bits per heavy atom. The summed E-state index contributed by atoms with van der Waals surface area (Å²) in [6, 6.07) is 14.8. The summed E-state index contributed by atoms with van der Waals surface area (Å²) in [6.45, 7) is 7.61. The summed E-state index contributed by atoms with van der Waals surface area (Å²) in [4.78, 5) is 27.6. The SMILES string of the molecule is CC1CCCN(Cc2ccccc2CNC(=O)C(C)n2c(=O)oc3ccccc32)C1. The van der Waals surface area contributed by atoms with E-state index in [0.717, 1.165) is 31.1 Å². The Kier molecular flexibility index (Phi) is 6.04. The van der Waals surface area contributed by atoms with Crippen LogP contribution < -0.4 is 11.1 Å². The average molecular weight is 408 g/mol. The van der Waals surface area contributed by atoms with Gasteiger partial charge in [0.1, 0.15) is 6.04 Å². The molecule has 3 aromatic rings. The molecular formula is C24H29N3O3. The van der Waals surface area contributed by atoms with E-state index in [1.54, 1.807) is 25.1 Å². The molecule has 1 N–H and O–H groups in total. The van der Waals surface area contributed by atoms with Crippen molar-refractivity contribution in [3.8, 4) is 0 Å². The van der Waals surface area contributed by atoms with Crippen LogP contribution in [0.4, 0.5) is 0 Å². The zero-order valence-electron chi connectivity index (χ0n) is 17.6. The molecule has 1 aliphatic rings. The van der Waals surface area contributed by atoms with E-state index < -0.39 is 11.8 Å². The van der Waals surface area contributed by atoms with E-state index in [9.17, 15) is 9.59 Å². The fraction of sp³-hybridized carbons (Fsp3) is 0.417. The normalized spacial score (nSPS) is 18.4. The van der Waals surface area contributed by atoms with Crippen LogP contribution in [0.5, 0.6) is 0 Å². The van der Waals surface area contributed by atoms with Gasteiger partial charge in [-0.2, -0.15) is 0 Å². The Balaban J connectivity index is 1.45. The molecule has 2 unspecified atom stereocenters. The van der Waals surface area contributed by atoms with Crippen LogP contribution in [0, 0.1) is 5.92 Å². The minimum atomic E-state index is -0.656. The minimum absolute atomic E-state index is 0.204. The number of nitrogens with one attached hydrogen (secondary N) is 1. The van der Waals surface area contributed by atoms with Gasteiger partial charge in [0.15, 0.2) is 5.58 Å². The highest BCUT2D eigenvalue weighted by atomic mass is 16.4. The predicted molar refractivity (Wildman–Crippen MR) is 117 cm³/mol. The summed E-state index contributed by atoms with van der Waals surface area (Å²) in [5, 5.41) is 3.01. The van der Waals surface area contributed by atoms with Gasteiger partial charge >= 0.3 is 5.76 Å². The minimum Gasteiger partial charge on any atom is -0.408 e. The summed E-state index contributed by atoms with van der Waals surface area (Å²) in [5.41, 5.74) is 3.47. The molecule has 1 amide bonds. The van der Waals surface area contributed by atoms with Gasteiger partial charge in [-0.1, -0.05) is 43.3 Å². The third-order valence-electron chi connectivity index (χ3n) is 5.99. The van der Waals surface area contributed by atoms with Gasteiger partial charge in [0.05, 0.1) is 5.52 Å². The van der Waals surface area contributed by atoms with Crippen molar-refractivity contribution < 1.29 is 9.21 Å². The lowest BCUT2D eigenvalue weighted by Crippen LogP contribution is -2.35. The fourth-order valence-electron chi connectivity index (χ4n) is 4.35. The van der Waals surface area contributed by atoms with Crippen molar-refractivity contribution in [3.05, 3.63) is 70.2 Å². The summed E-state index contributed by atoms with van der Waals surface area (Å²) < 4.78 is 6.68. The molecule has 0 bridgehead atoms. The maximum Gasteiger partial charge on any atom is 0.420 e.